The molecule has 3 aromatic rings. The Balaban J connectivity index is 1.70. The van der Waals surface area contributed by atoms with Crippen LogP contribution in [0.15, 0.2) is 83.3 Å². The van der Waals surface area contributed by atoms with Gasteiger partial charge in [0.25, 0.3) is 8.32 Å². The molecule has 0 amide bonds. The van der Waals surface area contributed by atoms with Crippen molar-refractivity contribution in [3.05, 3.63) is 94.5 Å². The zero-order valence-electron chi connectivity index (χ0n) is 18.9. The first-order valence-corrected chi connectivity index (χ1v) is 13.8. The predicted octanol–water partition coefficient (Wildman–Crippen LogP) is 5.60. The third-order valence-electron chi connectivity index (χ3n) is 6.48. The molecular weight excluding hydrogens is 462 g/mol. The fraction of sp³-hybridized carbons (Fsp3) is 0.333. The van der Waals surface area contributed by atoms with Crippen molar-refractivity contribution in [2.24, 2.45) is 0 Å². The molecule has 0 radical (unpaired) electrons. The van der Waals surface area contributed by atoms with Gasteiger partial charge in [-0.1, -0.05) is 109 Å². The lowest BCUT2D eigenvalue weighted by molar-refractivity contribution is 0.233. The lowest BCUT2D eigenvalue weighted by Crippen LogP contribution is -2.67. The molecule has 2 nitrogen and oxygen atoms in total. The Morgan fingerprint density at radius 3 is 2.03 bits per heavy atom. The maximum atomic E-state index is 7.17. The average Bonchev–Trinajstić information content (AvgIpc) is 2.76. The highest BCUT2D eigenvalue weighted by Crippen LogP contribution is 2.37. The van der Waals surface area contributed by atoms with E-state index in [4.69, 9.17) is 4.43 Å². The topological polar surface area (TPSA) is 21.3 Å². The number of rotatable bonds is 5. The summed E-state index contributed by atoms with van der Waals surface area (Å²) >= 11 is 3.77. The summed E-state index contributed by atoms with van der Waals surface area (Å²) in [5, 5.41) is 6.46. The first-order chi connectivity index (χ1) is 14.8. The normalized spacial score (nSPS) is 19.1. The largest absolute Gasteiger partial charge is 0.406 e. The summed E-state index contributed by atoms with van der Waals surface area (Å²) in [6, 6.07) is 28.9. The van der Waals surface area contributed by atoms with Crippen molar-refractivity contribution in [3.63, 3.8) is 0 Å². The minimum Gasteiger partial charge on any atom is -0.406 e. The molecule has 4 heteroatoms. The van der Waals surface area contributed by atoms with Gasteiger partial charge in [-0.05, 0) is 45.9 Å². The molecule has 1 unspecified atom stereocenters. The van der Waals surface area contributed by atoms with Gasteiger partial charge in [0.2, 0.25) is 0 Å². The fourth-order valence-corrected chi connectivity index (χ4v) is 10.2. The highest BCUT2D eigenvalue weighted by atomic mass is 79.9. The van der Waals surface area contributed by atoms with Gasteiger partial charge < -0.3 is 9.74 Å². The predicted molar refractivity (Wildman–Crippen MR) is 137 cm³/mol. The molecule has 1 heterocycles. The van der Waals surface area contributed by atoms with Crippen LogP contribution in [0.5, 0.6) is 0 Å². The lowest BCUT2D eigenvalue weighted by atomic mass is 9.91. The highest BCUT2D eigenvalue weighted by molar-refractivity contribution is 9.10. The Morgan fingerprint density at radius 2 is 1.48 bits per heavy atom. The van der Waals surface area contributed by atoms with Gasteiger partial charge in [-0.2, -0.15) is 0 Å². The van der Waals surface area contributed by atoms with E-state index in [2.05, 4.69) is 128 Å². The third-order valence-corrected chi connectivity index (χ3v) is 12.2. The van der Waals surface area contributed by atoms with Crippen molar-refractivity contribution in [1.82, 2.24) is 5.32 Å². The monoisotopic (exact) mass is 493 g/mol. The summed E-state index contributed by atoms with van der Waals surface area (Å²) in [6.07, 6.45) is 0.972. The number of hydrogen-bond acceptors (Lipinski definition) is 2. The van der Waals surface area contributed by atoms with E-state index >= 15 is 0 Å². The van der Waals surface area contributed by atoms with Crippen molar-refractivity contribution in [1.29, 1.82) is 0 Å². The van der Waals surface area contributed by atoms with Crippen LogP contribution in [0.1, 0.15) is 44.9 Å². The number of fused-ring (bicyclic) bond motifs is 1. The molecule has 2 atom stereocenters. The Morgan fingerprint density at radius 1 is 0.903 bits per heavy atom. The molecular formula is C27H32BrNOSi. The molecule has 4 rings (SSSR count). The average molecular weight is 495 g/mol. The molecule has 162 valence electrons. The molecule has 31 heavy (non-hydrogen) atoms. The summed E-state index contributed by atoms with van der Waals surface area (Å²) in [5.41, 5.74) is 2.79. The Labute approximate surface area is 196 Å². The van der Waals surface area contributed by atoms with E-state index in [0.717, 1.165) is 6.42 Å². The summed E-state index contributed by atoms with van der Waals surface area (Å²) in [5.74, 6) is 0. The Kier molecular flexibility index (Phi) is 6.54. The molecule has 0 aromatic heterocycles. The molecule has 0 aliphatic carbocycles. The Hall–Kier alpha value is -1.72. The van der Waals surface area contributed by atoms with E-state index in [1.165, 1.54) is 26.0 Å². The zero-order valence-corrected chi connectivity index (χ0v) is 21.4. The van der Waals surface area contributed by atoms with Gasteiger partial charge in [-0.3, -0.25) is 0 Å². The smallest absolute Gasteiger partial charge is 0.261 e. The molecule has 0 fully saturated rings. The van der Waals surface area contributed by atoms with Crippen LogP contribution in [0.25, 0.3) is 0 Å². The highest BCUT2D eigenvalue weighted by Gasteiger charge is 2.50. The van der Waals surface area contributed by atoms with Gasteiger partial charge in [-0.25, -0.2) is 0 Å². The maximum absolute atomic E-state index is 7.17. The summed E-state index contributed by atoms with van der Waals surface area (Å²) in [7, 11) is -2.51. The van der Waals surface area contributed by atoms with E-state index in [1.807, 2.05) is 0 Å². The van der Waals surface area contributed by atoms with Crippen LogP contribution >= 0.6 is 15.9 Å². The summed E-state index contributed by atoms with van der Waals surface area (Å²) in [6.45, 7) is 9.95. The van der Waals surface area contributed by atoms with Crippen molar-refractivity contribution in [2.75, 3.05) is 6.61 Å². The van der Waals surface area contributed by atoms with E-state index in [0.29, 0.717) is 12.6 Å². The molecule has 3 aromatic carbocycles. The van der Waals surface area contributed by atoms with E-state index in [1.54, 1.807) is 0 Å². The van der Waals surface area contributed by atoms with Crippen LogP contribution in [0.2, 0.25) is 5.04 Å². The van der Waals surface area contributed by atoms with Crippen molar-refractivity contribution in [3.8, 4) is 0 Å². The van der Waals surface area contributed by atoms with Crippen molar-refractivity contribution < 1.29 is 4.43 Å². The number of nitrogens with one attached hydrogen (secondary N) is 1. The van der Waals surface area contributed by atoms with Crippen LogP contribution in [0.4, 0.5) is 0 Å². The second kappa shape index (κ2) is 9.03. The standard InChI is InChI=1S/C27H32BrNOSi/c1-20-24-16-11-17-26(28)25(24)18-21(29-20)19-30-31(27(2,3)4,22-12-7-5-8-13-22)23-14-9-6-10-15-23/h5-17,20-21,29H,18-19H2,1-4H3/t20-,21?/m1/s1. The molecule has 1 aliphatic rings. The van der Waals surface area contributed by atoms with Gasteiger partial charge in [0.1, 0.15) is 0 Å². The number of hydrogen-bond donors (Lipinski definition) is 1. The van der Waals surface area contributed by atoms with Gasteiger partial charge in [-0.15, -0.1) is 0 Å². The first-order valence-electron chi connectivity index (χ1n) is 11.1. The SMILES string of the molecule is C[C@H]1NC(CO[Si](c2ccccc2)(c2ccccc2)C(C)(C)C)Cc2c(Br)cccc21. The second-order valence-electron chi connectivity index (χ2n) is 9.57. The molecule has 0 saturated heterocycles. The maximum Gasteiger partial charge on any atom is 0.261 e. The zero-order chi connectivity index (χ0) is 22.1. The number of benzene rings is 3. The molecule has 0 bridgehead atoms. The summed E-state index contributed by atoms with van der Waals surface area (Å²) < 4.78 is 8.37. The van der Waals surface area contributed by atoms with Gasteiger partial charge in [0, 0.05) is 16.6 Å². The minimum absolute atomic E-state index is 0.00548. The molecule has 1 N–H and O–H groups in total. The molecule has 0 spiro atoms. The van der Waals surface area contributed by atoms with E-state index in [9.17, 15) is 0 Å². The van der Waals surface area contributed by atoms with Crippen molar-refractivity contribution in [2.45, 2.75) is 51.2 Å². The van der Waals surface area contributed by atoms with Crippen LogP contribution < -0.4 is 15.7 Å². The molecule has 1 aliphatic heterocycles. The van der Waals surface area contributed by atoms with Crippen LogP contribution in [-0.2, 0) is 10.8 Å². The first kappa shape index (κ1) is 22.5. The minimum atomic E-state index is -2.51. The van der Waals surface area contributed by atoms with Crippen LogP contribution in [0.3, 0.4) is 0 Å². The van der Waals surface area contributed by atoms with E-state index in [-0.39, 0.29) is 11.1 Å². The van der Waals surface area contributed by atoms with Crippen molar-refractivity contribution >= 4 is 34.6 Å². The third kappa shape index (κ3) is 4.31. The summed E-state index contributed by atoms with van der Waals surface area (Å²) in [4.78, 5) is 0. The Bertz CT molecular complexity index is 977. The van der Waals surface area contributed by atoms with Gasteiger partial charge in [0.05, 0.1) is 6.61 Å². The second-order valence-corrected chi connectivity index (χ2v) is 14.7. The van der Waals surface area contributed by atoms with Gasteiger partial charge >= 0.3 is 0 Å². The van der Waals surface area contributed by atoms with Crippen LogP contribution in [0, 0.1) is 0 Å². The van der Waals surface area contributed by atoms with Crippen LogP contribution in [-0.4, -0.2) is 21.0 Å². The lowest BCUT2D eigenvalue weighted by Gasteiger charge is -2.44. The fourth-order valence-electron chi connectivity index (χ4n) is 5.04. The van der Waals surface area contributed by atoms with Gasteiger partial charge in [0.15, 0.2) is 0 Å². The quantitative estimate of drug-likeness (QED) is 0.466. The van der Waals surface area contributed by atoms with E-state index < -0.39 is 8.32 Å². The molecule has 0 saturated carbocycles. The number of halogens is 1.